The van der Waals surface area contributed by atoms with Gasteiger partial charge in [-0.1, -0.05) is 15.9 Å². The van der Waals surface area contributed by atoms with E-state index >= 15 is 0 Å². The Bertz CT molecular complexity index is 677. The van der Waals surface area contributed by atoms with Gasteiger partial charge < -0.3 is 4.74 Å². The van der Waals surface area contributed by atoms with Crippen LogP contribution in [0.1, 0.15) is 26.5 Å². The van der Waals surface area contributed by atoms with Crippen molar-refractivity contribution in [1.29, 1.82) is 0 Å². The van der Waals surface area contributed by atoms with Crippen LogP contribution in [-0.4, -0.2) is 21.5 Å². The summed E-state index contributed by atoms with van der Waals surface area (Å²) in [5, 5.41) is 4.33. The zero-order valence-electron chi connectivity index (χ0n) is 11.2. The highest BCUT2D eigenvalue weighted by molar-refractivity contribution is 9.08. The first kappa shape index (κ1) is 14.9. The van der Waals surface area contributed by atoms with Crippen molar-refractivity contribution in [2.24, 2.45) is 0 Å². The zero-order chi connectivity index (χ0) is 15.1. The minimum absolute atomic E-state index is 0.0474. The van der Waals surface area contributed by atoms with Gasteiger partial charge in [-0.15, -0.1) is 0 Å². The molecule has 0 radical (unpaired) electrons. The first-order valence-electron chi connectivity index (χ1n) is 5.89. The van der Waals surface area contributed by atoms with Gasteiger partial charge in [0.25, 0.3) is 0 Å². The molecule has 1 aromatic heterocycles. The van der Waals surface area contributed by atoms with E-state index in [2.05, 4.69) is 21.0 Å². The summed E-state index contributed by atoms with van der Waals surface area (Å²) in [6.07, 6.45) is -0.778. The molecule has 0 amide bonds. The van der Waals surface area contributed by atoms with Crippen LogP contribution in [0.3, 0.4) is 0 Å². The number of ether oxygens (including phenoxy) is 1. The molecule has 0 aliphatic carbocycles. The highest BCUT2D eigenvalue weighted by Crippen LogP contribution is 2.25. The summed E-state index contributed by atoms with van der Waals surface area (Å²) in [7, 11) is 0. The van der Waals surface area contributed by atoms with Crippen LogP contribution in [0.25, 0.3) is 10.9 Å². The molecule has 0 saturated heterocycles. The van der Waals surface area contributed by atoms with E-state index in [9.17, 15) is 13.6 Å². The molecule has 0 aliphatic heterocycles. The van der Waals surface area contributed by atoms with Gasteiger partial charge in [0.2, 0.25) is 0 Å². The number of carbonyl (C=O) groups is 1. The average Bonchev–Trinajstić information content (AvgIpc) is 2.65. The number of hydrogen-bond acceptors (Lipinski definition) is 3. The predicted molar refractivity (Wildman–Crippen MR) is 73.9 cm³/mol. The molecule has 0 bridgehead atoms. The van der Waals surface area contributed by atoms with Crippen LogP contribution in [0.15, 0.2) is 12.1 Å². The van der Waals surface area contributed by atoms with E-state index in [0.29, 0.717) is 5.69 Å². The van der Waals surface area contributed by atoms with Gasteiger partial charge in [0.1, 0.15) is 17.2 Å². The lowest BCUT2D eigenvalue weighted by Crippen LogP contribution is -2.27. The number of benzene rings is 1. The fraction of sp³-hybridized carbons (Fsp3) is 0.385. The van der Waals surface area contributed by atoms with Gasteiger partial charge in [0, 0.05) is 17.5 Å². The number of nitrogens with zero attached hydrogens (tertiary/aromatic N) is 2. The molecule has 1 heterocycles. The number of hydrogen-bond donors (Lipinski definition) is 0. The molecule has 0 aliphatic rings. The van der Waals surface area contributed by atoms with Crippen molar-refractivity contribution in [2.45, 2.75) is 31.7 Å². The maximum atomic E-state index is 13.8. The molecular weight excluding hydrogens is 334 g/mol. The monoisotopic (exact) mass is 346 g/mol. The second-order valence-corrected chi connectivity index (χ2v) is 5.81. The second-order valence-electron chi connectivity index (χ2n) is 5.25. The van der Waals surface area contributed by atoms with Crippen molar-refractivity contribution >= 4 is 32.9 Å². The highest BCUT2D eigenvalue weighted by atomic mass is 79.9. The first-order valence-corrected chi connectivity index (χ1v) is 7.01. The Kier molecular flexibility index (Phi) is 3.82. The van der Waals surface area contributed by atoms with Gasteiger partial charge >= 0.3 is 6.09 Å². The summed E-state index contributed by atoms with van der Waals surface area (Å²) in [4.78, 5) is 12.0. The number of fused-ring (bicyclic) bond motifs is 1. The van der Waals surface area contributed by atoms with Crippen LogP contribution in [-0.2, 0) is 10.1 Å². The lowest BCUT2D eigenvalue weighted by Gasteiger charge is -2.19. The topological polar surface area (TPSA) is 44.1 Å². The Balaban J connectivity index is 2.62. The van der Waals surface area contributed by atoms with E-state index in [1.165, 1.54) is 0 Å². The Hall–Kier alpha value is -1.50. The van der Waals surface area contributed by atoms with Crippen molar-refractivity contribution in [3.8, 4) is 0 Å². The number of carbonyl (C=O) groups excluding carboxylic acids is 1. The van der Waals surface area contributed by atoms with Crippen LogP contribution >= 0.6 is 15.9 Å². The van der Waals surface area contributed by atoms with E-state index in [0.717, 1.165) is 16.8 Å². The lowest BCUT2D eigenvalue weighted by atomic mass is 10.2. The predicted octanol–water partition coefficient (Wildman–Crippen LogP) is 3.99. The molecule has 0 N–H and O–H groups in total. The summed E-state index contributed by atoms with van der Waals surface area (Å²) in [6.45, 7) is 5.09. The smallest absolute Gasteiger partial charge is 0.435 e. The van der Waals surface area contributed by atoms with E-state index in [-0.39, 0.29) is 16.2 Å². The van der Waals surface area contributed by atoms with Crippen LogP contribution in [0.4, 0.5) is 13.6 Å². The minimum atomic E-state index is -0.778. The summed E-state index contributed by atoms with van der Waals surface area (Å²) in [6, 6.07) is 1.82. The Morgan fingerprint density at radius 3 is 2.60 bits per heavy atom. The minimum Gasteiger partial charge on any atom is -0.442 e. The van der Waals surface area contributed by atoms with Crippen molar-refractivity contribution in [2.75, 3.05) is 0 Å². The zero-order valence-corrected chi connectivity index (χ0v) is 12.8. The Morgan fingerprint density at radius 2 is 2.05 bits per heavy atom. The molecule has 2 rings (SSSR count). The molecule has 4 nitrogen and oxygen atoms in total. The maximum absolute atomic E-state index is 13.8. The molecule has 0 saturated carbocycles. The molecule has 0 unspecified atom stereocenters. The largest absolute Gasteiger partial charge is 0.442 e. The van der Waals surface area contributed by atoms with Crippen molar-refractivity contribution in [3.63, 3.8) is 0 Å². The molecule has 7 heteroatoms. The Labute approximate surface area is 122 Å². The van der Waals surface area contributed by atoms with Gasteiger partial charge in [0.15, 0.2) is 0 Å². The molecule has 108 valence electrons. The normalized spacial score (nSPS) is 11.9. The van der Waals surface area contributed by atoms with E-state index < -0.39 is 23.3 Å². The van der Waals surface area contributed by atoms with E-state index in [1.807, 2.05) is 0 Å². The van der Waals surface area contributed by atoms with Crippen LogP contribution in [0.2, 0.25) is 0 Å². The second kappa shape index (κ2) is 5.12. The number of alkyl halides is 1. The standard InChI is InChI=1S/C13H13BrF2N2O2/c1-13(2,3)20-12(19)18-10-5-7(15)4-8(16)11(10)9(6-14)17-18/h4-5H,6H2,1-3H3. The van der Waals surface area contributed by atoms with Gasteiger partial charge in [-0.25, -0.2) is 13.6 Å². The molecular formula is C13H13BrF2N2O2. The lowest BCUT2D eigenvalue weighted by molar-refractivity contribution is 0.0522. The quantitative estimate of drug-likeness (QED) is 0.733. The van der Waals surface area contributed by atoms with Gasteiger partial charge in [-0.05, 0) is 20.8 Å². The summed E-state index contributed by atoms with van der Waals surface area (Å²) in [5.74, 6) is -1.54. The molecule has 2 aromatic rings. The first-order chi connectivity index (χ1) is 9.23. The third-order valence-corrected chi connectivity index (χ3v) is 3.00. The molecule has 20 heavy (non-hydrogen) atoms. The van der Waals surface area contributed by atoms with Crippen molar-refractivity contribution < 1.29 is 18.3 Å². The number of rotatable bonds is 1. The van der Waals surface area contributed by atoms with Crippen LogP contribution in [0, 0.1) is 11.6 Å². The van der Waals surface area contributed by atoms with Crippen molar-refractivity contribution in [1.82, 2.24) is 9.78 Å². The van der Waals surface area contributed by atoms with Crippen LogP contribution < -0.4 is 0 Å². The average molecular weight is 347 g/mol. The molecule has 0 spiro atoms. The van der Waals surface area contributed by atoms with Crippen LogP contribution in [0.5, 0.6) is 0 Å². The molecule has 0 fully saturated rings. The summed E-state index contributed by atoms with van der Waals surface area (Å²) < 4.78 is 33.2. The van der Waals surface area contributed by atoms with Gasteiger partial charge in [0.05, 0.1) is 16.6 Å². The molecule has 1 aromatic carbocycles. The van der Waals surface area contributed by atoms with Gasteiger partial charge in [-0.3, -0.25) is 0 Å². The highest BCUT2D eigenvalue weighted by Gasteiger charge is 2.23. The number of aromatic nitrogens is 2. The fourth-order valence-corrected chi connectivity index (χ4v) is 2.17. The fourth-order valence-electron chi connectivity index (χ4n) is 1.78. The van der Waals surface area contributed by atoms with Gasteiger partial charge in [-0.2, -0.15) is 9.78 Å². The Morgan fingerprint density at radius 1 is 1.40 bits per heavy atom. The third-order valence-electron chi connectivity index (χ3n) is 2.46. The number of halogens is 3. The molecule has 0 atom stereocenters. The van der Waals surface area contributed by atoms with E-state index in [1.54, 1.807) is 20.8 Å². The summed E-state index contributed by atoms with van der Waals surface area (Å²) in [5.41, 5.74) is -0.370. The summed E-state index contributed by atoms with van der Waals surface area (Å²) >= 11 is 3.17. The third kappa shape index (κ3) is 2.82. The van der Waals surface area contributed by atoms with E-state index in [4.69, 9.17) is 4.74 Å². The van der Waals surface area contributed by atoms with Crippen molar-refractivity contribution in [3.05, 3.63) is 29.5 Å². The maximum Gasteiger partial charge on any atom is 0.435 e. The SMILES string of the molecule is CC(C)(C)OC(=O)n1nc(CBr)c2c(F)cc(F)cc21.